The molecule has 110 valence electrons. The Morgan fingerprint density at radius 1 is 1.38 bits per heavy atom. The molecule has 2 aromatic rings. The highest BCUT2D eigenvalue weighted by Gasteiger charge is 2.27. The van der Waals surface area contributed by atoms with Crippen LogP contribution in [0.25, 0.3) is 11.3 Å². The van der Waals surface area contributed by atoms with Crippen molar-refractivity contribution in [1.82, 2.24) is 15.0 Å². The fourth-order valence-corrected chi connectivity index (χ4v) is 1.92. The number of carboxylic acid groups (broad SMARTS) is 1. The molecule has 2 rings (SSSR count). The molecular formula is C13H14N4O4. The molecule has 1 amide bonds. The van der Waals surface area contributed by atoms with E-state index in [0.29, 0.717) is 11.3 Å². The molecule has 1 aromatic heterocycles. The number of primary amides is 1. The van der Waals surface area contributed by atoms with E-state index in [1.165, 1.54) is 18.7 Å². The smallest absolute Gasteiger partial charge is 0.358 e. The number of carbonyl (C=O) groups excluding carboxylic acids is 1. The maximum atomic E-state index is 11.4. The van der Waals surface area contributed by atoms with Crippen molar-refractivity contribution in [2.75, 3.05) is 7.11 Å². The predicted octanol–water partition coefficient (Wildman–Crippen LogP) is 0.698. The molecule has 1 heterocycles. The average molecular weight is 290 g/mol. The highest BCUT2D eigenvalue weighted by molar-refractivity contribution is 5.94. The summed E-state index contributed by atoms with van der Waals surface area (Å²) < 4.78 is 6.41. The molecule has 8 nitrogen and oxygen atoms in total. The van der Waals surface area contributed by atoms with Gasteiger partial charge in [0, 0.05) is 5.56 Å². The summed E-state index contributed by atoms with van der Waals surface area (Å²) in [4.78, 5) is 22.7. The fraction of sp³-hybridized carbons (Fsp3) is 0.231. The number of ether oxygens (including phenoxy) is 1. The number of hydrogen-bond acceptors (Lipinski definition) is 5. The van der Waals surface area contributed by atoms with Gasteiger partial charge in [0.15, 0.2) is 5.69 Å². The van der Waals surface area contributed by atoms with Crippen molar-refractivity contribution in [3.05, 3.63) is 30.0 Å². The second kappa shape index (κ2) is 5.61. The molecular weight excluding hydrogens is 276 g/mol. The van der Waals surface area contributed by atoms with Gasteiger partial charge in [-0.1, -0.05) is 17.3 Å². The number of benzene rings is 1. The molecule has 1 atom stereocenters. The normalized spacial score (nSPS) is 11.9. The molecule has 0 saturated heterocycles. The van der Waals surface area contributed by atoms with Crippen LogP contribution in [0.3, 0.4) is 0 Å². The zero-order chi connectivity index (χ0) is 15.6. The van der Waals surface area contributed by atoms with E-state index in [0.717, 1.165) is 0 Å². The summed E-state index contributed by atoms with van der Waals surface area (Å²) in [6.45, 7) is 1.52. The zero-order valence-corrected chi connectivity index (χ0v) is 11.5. The molecule has 1 unspecified atom stereocenters. The number of nitrogens with zero attached hydrogens (tertiary/aromatic N) is 3. The lowest BCUT2D eigenvalue weighted by Crippen LogP contribution is -2.25. The van der Waals surface area contributed by atoms with Gasteiger partial charge in [0.1, 0.15) is 17.5 Å². The van der Waals surface area contributed by atoms with Gasteiger partial charge in [-0.25, -0.2) is 9.48 Å². The summed E-state index contributed by atoms with van der Waals surface area (Å²) in [5.74, 6) is -1.45. The van der Waals surface area contributed by atoms with Gasteiger partial charge in [-0.15, -0.1) is 5.10 Å². The number of methoxy groups -OCH3 is 1. The summed E-state index contributed by atoms with van der Waals surface area (Å²) >= 11 is 0. The van der Waals surface area contributed by atoms with Crippen LogP contribution in [0.15, 0.2) is 24.3 Å². The van der Waals surface area contributed by atoms with Crippen LogP contribution in [0.5, 0.6) is 5.75 Å². The summed E-state index contributed by atoms with van der Waals surface area (Å²) in [5.41, 5.74) is 5.63. The summed E-state index contributed by atoms with van der Waals surface area (Å²) in [6, 6.07) is 5.96. The van der Waals surface area contributed by atoms with Crippen molar-refractivity contribution in [3.8, 4) is 17.0 Å². The van der Waals surface area contributed by atoms with Crippen molar-refractivity contribution in [3.63, 3.8) is 0 Å². The van der Waals surface area contributed by atoms with Gasteiger partial charge < -0.3 is 15.6 Å². The molecule has 0 aliphatic carbocycles. The molecule has 0 aliphatic rings. The number of rotatable bonds is 5. The number of aromatic carboxylic acids is 1. The summed E-state index contributed by atoms with van der Waals surface area (Å²) in [5, 5.41) is 16.6. The first kappa shape index (κ1) is 14.5. The van der Waals surface area contributed by atoms with Gasteiger partial charge >= 0.3 is 5.97 Å². The number of hydrogen-bond donors (Lipinski definition) is 2. The Morgan fingerprint density at radius 3 is 2.62 bits per heavy atom. The third-order valence-corrected chi connectivity index (χ3v) is 3.04. The lowest BCUT2D eigenvalue weighted by Gasteiger charge is -2.14. The highest BCUT2D eigenvalue weighted by Crippen LogP contribution is 2.32. The van der Waals surface area contributed by atoms with Crippen LogP contribution in [-0.4, -0.2) is 39.1 Å². The van der Waals surface area contributed by atoms with E-state index >= 15 is 0 Å². The molecule has 1 aromatic carbocycles. The van der Waals surface area contributed by atoms with Crippen molar-refractivity contribution in [1.29, 1.82) is 0 Å². The molecule has 0 fully saturated rings. The Kier molecular flexibility index (Phi) is 3.88. The first-order valence-corrected chi connectivity index (χ1v) is 6.08. The standard InChI is InChI=1S/C13H14N4O4/c1-7(12(14)18)17-11(10(13(19)20)15-16-17)8-5-3-4-6-9(8)21-2/h3-7H,1-2H3,(H2,14,18)(H,19,20). The molecule has 3 N–H and O–H groups in total. The Bertz CT molecular complexity index is 695. The van der Waals surface area contributed by atoms with Crippen LogP contribution in [0, 0.1) is 0 Å². The van der Waals surface area contributed by atoms with E-state index in [1.807, 2.05) is 0 Å². The van der Waals surface area contributed by atoms with Gasteiger partial charge in [0.25, 0.3) is 0 Å². The van der Waals surface area contributed by atoms with Crippen LogP contribution in [0.2, 0.25) is 0 Å². The van der Waals surface area contributed by atoms with E-state index in [2.05, 4.69) is 10.3 Å². The van der Waals surface area contributed by atoms with E-state index in [1.54, 1.807) is 24.3 Å². The number of aromatic nitrogens is 3. The second-order valence-corrected chi connectivity index (χ2v) is 4.32. The van der Waals surface area contributed by atoms with Crippen LogP contribution in [0.4, 0.5) is 0 Å². The SMILES string of the molecule is COc1ccccc1-c1c(C(=O)O)nnn1C(C)C(N)=O. The first-order chi connectivity index (χ1) is 9.97. The average Bonchev–Trinajstić information content (AvgIpc) is 2.90. The molecule has 0 bridgehead atoms. The van der Waals surface area contributed by atoms with Crippen LogP contribution < -0.4 is 10.5 Å². The van der Waals surface area contributed by atoms with Gasteiger partial charge in [-0.2, -0.15) is 0 Å². The molecule has 21 heavy (non-hydrogen) atoms. The minimum absolute atomic E-state index is 0.172. The second-order valence-electron chi connectivity index (χ2n) is 4.32. The van der Waals surface area contributed by atoms with E-state index in [9.17, 15) is 14.7 Å². The van der Waals surface area contributed by atoms with Gasteiger partial charge in [-0.3, -0.25) is 4.79 Å². The van der Waals surface area contributed by atoms with Crippen molar-refractivity contribution < 1.29 is 19.4 Å². The summed E-state index contributed by atoms with van der Waals surface area (Å²) in [6.07, 6.45) is 0. The minimum Gasteiger partial charge on any atom is -0.496 e. The topological polar surface area (TPSA) is 120 Å². The van der Waals surface area contributed by atoms with Crippen LogP contribution >= 0.6 is 0 Å². The lowest BCUT2D eigenvalue weighted by atomic mass is 10.1. The van der Waals surface area contributed by atoms with Crippen LogP contribution in [0.1, 0.15) is 23.5 Å². The number of carboxylic acids is 1. The summed E-state index contributed by atoms with van der Waals surface area (Å²) in [7, 11) is 1.46. The fourth-order valence-electron chi connectivity index (χ4n) is 1.92. The Balaban J connectivity index is 2.73. The first-order valence-electron chi connectivity index (χ1n) is 6.08. The van der Waals surface area contributed by atoms with E-state index in [-0.39, 0.29) is 11.4 Å². The molecule has 0 saturated carbocycles. The van der Waals surface area contributed by atoms with E-state index < -0.39 is 17.9 Å². The monoisotopic (exact) mass is 290 g/mol. The van der Waals surface area contributed by atoms with E-state index in [4.69, 9.17) is 10.5 Å². The molecule has 0 radical (unpaired) electrons. The zero-order valence-electron chi connectivity index (χ0n) is 11.5. The third-order valence-electron chi connectivity index (χ3n) is 3.04. The Morgan fingerprint density at radius 2 is 2.05 bits per heavy atom. The molecule has 0 aliphatic heterocycles. The third kappa shape index (κ3) is 2.55. The van der Waals surface area contributed by atoms with Crippen molar-refractivity contribution >= 4 is 11.9 Å². The maximum absolute atomic E-state index is 11.4. The number of para-hydroxylation sites is 1. The Labute approximate surface area is 120 Å². The number of nitrogens with two attached hydrogens (primary N) is 1. The van der Waals surface area contributed by atoms with Gasteiger partial charge in [0.05, 0.1) is 7.11 Å². The van der Waals surface area contributed by atoms with Crippen LogP contribution in [-0.2, 0) is 4.79 Å². The quantitative estimate of drug-likeness (QED) is 0.836. The molecule has 8 heteroatoms. The van der Waals surface area contributed by atoms with Gasteiger partial charge in [0.2, 0.25) is 5.91 Å². The lowest BCUT2D eigenvalue weighted by molar-refractivity contribution is -0.120. The predicted molar refractivity (Wildman–Crippen MR) is 72.9 cm³/mol. The van der Waals surface area contributed by atoms with Crippen molar-refractivity contribution in [2.45, 2.75) is 13.0 Å². The molecule has 0 spiro atoms. The Hall–Kier alpha value is -2.90. The number of carbonyl (C=O) groups is 2. The number of amides is 1. The largest absolute Gasteiger partial charge is 0.496 e. The van der Waals surface area contributed by atoms with Crippen molar-refractivity contribution in [2.24, 2.45) is 5.73 Å². The highest BCUT2D eigenvalue weighted by atomic mass is 16.5. The maximum Gasteiger partial charge on any atom is 0.358 e. The minimum atomic E-state index is -1.25. The van der Waals surface area contributed by atoms with Gasteiger partial charge in [-0.05, 0) is 19.1 Å².